The zero-order valence-electron chi connectivity index (χ0n) is 8.59. The van der Waals surface area contributed by atoms with Gasteiger partial charge in [0.2, 0.25) is 0 Å². The van der Waals surface area contributed by atoms with Crippen LogP contribution in [0.15, 0.2) is 0 Å². The molecule has 14 heavy (non-hydrogen) atoms. The third-order valence-corrected chi connectivity index (χ3v) is 3.36. The van der Waals surface area contributed by atoms with Crippen molar-refractivity contribution >= 4 is 22.0 Å². The second-order valence-corrected chi connectivity index (χ2v) is 4.50. The monoisotopic (exact) mass is 263 g/mol. The van der Waals surface area contributed by atoms with Crippen molar-refractivity contribution < 1.29 is 9.53 Å². The Morgan fingerprint density at radius 2 is 2.14 bits per heavy atom. The molecule has 0 bridgehead atoms. The summed E-state index contributed by atoms with van der Waals surface area (Å²) in [5.41, 5.74) is 0. The highest BCUT2D eigenvalue weighted by molar-refractivity contribution is 9.09. The zero-order chi connectivity index (χ0) is 10.4. The number of halogens is 1. The highest BCUT2D eigenvalue weighted by Crippen LogP contribution is 2.17. The highest BCUT2D eigenvalue weighted by Gasteiger charge is 2.17. The maximum atomic E-state index is 11.3. The molecule has 0 spiro atoms. The van der Waals surface area contributed by atoms with Gasteiger partial charge in [0.05, 0.1) is 0 Å². The van der Waals surface area contributed by atoms with E-state index < -0.39 is 0 Å². The zero-order valence-corrected chi connectivity index (χ0v) is 10.2. The van der Waals surface area contributed by atoms with Crippen LogP contribution < -0.4 is 5.32 Å². The van der Waals surface area contributed by atoms with Gasteiger partial charge in [0.25, 0.3) is 0 Å². The fraction of sp³-hybridized carbons (Fsp3) is 0.900. The summed E-state index contributed by atoms with van der Waals surface area (Å²) in [6.07, 6.45) is 5.60. The summed E-state index contributed by atoms with van der Waals surface area (Å²) in [6, 6.07) is 0.332. The van der Waals surface area contributed by atoms with Crippen molar-refractivity contribution in [3.05, 3.63) is 0 Å². The lowest BCUT2D eigenvalue weighted by molar-refractivity contribution is 0.112. The average Bonchev–Trinajstić information content (AvgIpc) is 2.19. The first-order valence-electron chi connectivity index (χ1n) is 5.25. The normalized spacial score (nSPS) is 20.1. The Morgan fingerprint density at radius 1 is 1.50 bits per heavy atom. The van der Waals surface area contributed by atoms with E-state index in [0.29, 0.717) is 11.4 Å². The van der Waals surface area contributed by atoms with E-state index in [9.17, 15) is 4.79 Å². The average molecular weight is 264 g/mol. The molecule has 1 aliphatic rings. The SMILES string of the molecule is CC(CBr)OC(=O)NC1CCCCC1. The van der Waals surface area contributed by atoms with E-state index in [-0.39, 0.29) is 12.2 Å². The minimum atomic E-state index is -0.274. The molecular weight excluding hydrogens is 246 g/mol. The second kappa shape index (κ2) is 6.27. The fourth-order valence-electron chi connectivity index (χ4n) is 1.66. The topological polar surface area (TPSA) is 38.3 Å². The Labute approximate surface area is 93.7 Å². The predicted octanol–water partition coefficient (Wildman–Crippen LogP) is 2.83. The number of amides is 1. The summed E-state index contributed by atoms with van der Waals surface area (Å²) in [6.45, 7) is 1.87. The smallest absolute Gasteiger partial charge is 0.407 e. The van der Waals surface area contributed by atoms with E-state index in [1.807, 2.05) is 6.92 Å². The summed E-state index contributed by atoms with van der Waals surface area (Å²) in [5.74, 6) is 0. The van der Waals surface area contributed by atoms with E-state index >= 15 is 0 Å². The van der Waals surface area contributed by atoms with Gasteiger partial charge in [0.15, 0.2) is 0 Å². The largest absolute Gasteiger partial charge is 0.446 e. The van der Waals surface area contributed by atoms with Crippen molar-refractivity contribution in [2.24, 2.45) is 0 Å². The van der Waals surface area contributed by atoms with Crippen LogP contribution in [0.2, 0.25) is 0 Å². The lowest BCUT2D eigenvalue weighted by Crippen LogP contribution is -2.38. The minimum Gasteiger partial charge on any atom is -0.446 e. The minimum absolute atomic E-state index is 0.0569. The van der Waals surface area contributed by atoms with Crippen molar-refractivity contribution in [2.75, 3.05) is 5.33 Å². The van der Waals surface area contributed by atoms with Gasteiger partial charge in [-0.25, -0.2) is 4.79 Å². The lowest BCUT2D eigenvalue weighted by Gasteiger charge is -2.23. The van der Waals surface area contributed by atoms with Gasteiger partial charge in [0.1, 0.15) is 6.10 Å². The van der Waals surface area contributed by atoms with E-state index in [4.69, 9.17) is 4.74 Å². The Kier molecular flexibility index (Phi) is 5.30. The molecule has 1 aliphatic carbocycles. The molecule has 0 aliphatic heterocycles. The van der Waals surface area contributed by atoms with Crippen molar-refractivity contribution in [3.8, 4) is 0 Å². The van der Waals surface area contributed by atoms with Gasteiger partial charge in [-0.2, -0.15) is 0 Å². The molecule has 1 unspecified atom stereocenters. The van der Waals surface area contributed by atoms with Crippen molar-refractivity contribution in [3.63, 3.8) is 0 Å². The van der Waals surface area contributed by atoms with Gasteiger partial charge < -0.3 is 10.1 Å². The standard InChI is InChI=1S/C10H18BrNO2/c1-8(7-11)14-10(13)12-9-5-3-2-4-6-9/h8-9H,2-7H2,1H3,(H,12,13). The molecule has 4 heteroatoms. The fourth-order valence-corrected chi connectivity index (χ4v) is 1.79. The molecule has 1 N–H and O–H groups in total. The highest BCUT2D eigenvalue weighted by atomic mass is 79.9. The number of hydrogen-bond donors (Lipinski definition) is 1. The lowest BCUT2D eigenvalue weighted by atomic mass is 9.96. The van der Waals surface area contributed by atoms with E-state index in [1.165, 1.54) is 19.3 Å². The Balaban J connectivity index is 2.18. The van der Waals surface area contributed by atoms with Gasteiger partial charge >= 0.3 is 6.09 Å². The first-order valence-corrected chi connectivity index (χ1v) is 6.37. The van der Waals surface area contributed by atoms with E-state index in [2.05, 4.69) is 21.2 Å². The third kappa shape index (κ3) is 4.31. The quantitative estimate of drug-likeness (QED) is 0.796. The van der Waals surface area contributed by atoms with E-state index in [1.54, 1.807) is 0 Å². The van der Waals surface area contributed by atoms with Gasteiger partial charge in [-0.1, -0.05) is 35.2 Å². The number of carbonyl (C=O) groups is 1. The van der Waals surface area contributed by atoms with Gasteiger partial charge in [-0.05, 0) is 19.8 Å². The molecule has 0 aromatic heterocycles. The number of rotatable bonds is 3. The molecule has 0 radical (unpaired) electrons. The molecule has 0 heterocycles. The first kappa shape index (κ1) is 11.8. The number of hydrogen-bond acceptors (Lipinski definition) is 2. The number of ether oxygens (including phenoxy) is 1. The Bertz CT molecular complexity index is 181. The predicted molar refractivity (Wildman–Crippen MR) is 59.7 cm³/mol. The number of carbonyl (C=O) groups excluding carboxylic acids is 1. The van der Waals surface area contributed by atoms with E-state index in [0.717, 1.165) is 12.8 Å². The number of nitrogens with one attached hydrogen (secondary N) is 1. The molecule has 1 atom stereocenters. The molecule has 1 fully saturated rings. The van der Waals surface area contributed by atoms with Crippen LogP contribution in [0.3, 0.4) is 0 Å². The first-order chi connectivity index (χ1) is 6.72. The van der Waals surface area contributed by atoms with Crippen LogP contribution in [0.4, 0.5) is 4.79 Å². The summed E-state index contributed by atoms with van der Waals surface area (Å²) in [7, 11) is 0. The van der Waals surface area contributed by atoms with Crippen LogP contribution in [-0.4, -0.2) is 23.6 Å². The molecule has 0 aromatic rings. The molecule has 1 rings (SSSR count). The second-order valence-electron chi connectivity index (χ2n) is 3.85. The number of alkyl halides is 1. The summed E-state index contributed by atoms with van der Waals surface area (Å²) in [5, 5.41) is 3.59. The van der Waals surface area contributed by atoms with Crippen LogP contribution in [0, 0.1) is 0 Å². The van der Waals surface area contributed by atoms with Crippen LogP contribution in [-0.2, 0) is 4.74 Å². The molecule has 3 nitrogen and oxygen atoms in total. The van der Waals surface area contributed by atoms with Gasteiger partial charge in [0, 0.05) is 11.4 Å². The van der Waals surface area contributed by atoms with Gasteiger partial charge in [-0.3, -0.25) is 0 Å². The maximum absolute atomic E-state index is 11.3. The Hall–Kier alpha value is -0.250. The molecule has 1 amide bonds. The summed E-state index contributed by atoms with van der Waals surface area (Å²) < 4.78 is 5.11. The molecule has 0 aromatic carbocycles. The number of alkyl carbamates (subject to hydrolysis) is 1. The van der Waals surface area contributed by atoms with Crippen LogP contribution in [0.5, 0.6) is 0 Å². The van der Waals surface area contributed by atoms with Gasteiger partial charge in [-0.15, -0.1) is 0 Å². The molecular formula is C10H18BrNO2. The Morgan fingerprint density at radius 3 is 2.71 bits per heavy atom. The van der Waals surface area contributed by atoms with Crippen LogP contribution >= 0.6 is 15.9 Å². The summed E-state index contributed by atoms with van der Waals surface area (Å²) in [4.78, 5) is 11.3. The van der Waals surface area contributed by atoms with Crippen molar-refractivity contribution in [2.45, 2.75) is 51.2 Å². The molecule has 82 valence electrons. The molecule has 1 saturated carbocycles. The third-order valence-electron chi connectivity index (χ3n) is 2.45. The molecule has 0 saturated heterocycles. The van der Waals surface area contributed by atoms with Crippen molar-refractivity contribution in [1.82, 2.24) is 5.32 Å². The van der Waals surface area contributed by atoms with Crippen molar-refractivity contribution in [1.29, 1.82) is 0 Å². The maximum Gasteiger partial charge on any atom is 0.407 e. The van der Waals surface area contributed by atoms with Crippen LogP contribution in [0.25, 0.3) is 0 Å². The van der Waals surface area contributed by atoms with Crippen LogP contribution in [0.1, 0.15) is 39.0 Å². The summed E-state index contributed by atoms with van der Waals surface area (Å²) >= 11 is 3.26.